The molecule has 0 unspecified atom stereocenters. The highest BCUT2D eigenvalue weighted by atomic mass is 19.1. The Bertz CT molecular complexity index is 617. The summed E-state index contributed by atoms with van der Waals surface area (Å²) in [7, 11) is 0. The molecule has 0 bridgehead atoms. The molecule has 25 heavy (non-hydrogen) atoms. The van der Waals surface area contributed by atoms with E-state index in [0.29, 0.717) is 19.1 Å². The van der Waals surface area contributed by atoms with Crippen molar-refractivity contribution in [3.8, 4) is 0 Å². The second kappa shape index (κ2) is 7.42. The zero-order valence-electron chi connectivity index (χ0n) is 14.7. The van der Waals surface area contributed by atoms with Gasteiger partial charge in [0.1, 0.15) is 5.82 Å². The maximum atomic E-state index is 13.9. The number of halogens is 1. The zero-order valence-corrected chi connectivity index (χ0v) is 14.7. The number of nitrogens with zero attached hydrogens (tertiary/aromatic N) is 2. The Morgan fingerprint density at radius 1 is 1.20 bits per heavy atom. The minimum absolute atomic E-state index is 0.00719. The maximum absolute atomic E-state index is 13.9. The minimum Gasteiger partial charge on any atom is -0.377 e. The summed E-state index contributed by atoms with van der Waals surface area (Å²) in [5, 5.41) is 0. The molecule has 0 aliphatic carbocycles. The lowest BCUT2D eigenvalue weighted by molar-refractivity contribution is -0.148. The fraction of sp³-hybridized carbons (Fsp3) is 0.650. The quantitative estimate of drug-likeness (QED) is 0.844. The average Bonchev–Trinajstić information content (AvgIpc) is 3.17. The molecule has 136 valence electrons. The van der Waals surface area contributed by atoms with Crippen LogP contribution in [-0.4, -0.2) is 54.6 Å². The van der Waals surface area contributed by atoms with Crippen LogP contribution < -0.4 is 0 Å². The number of carbonyl (C=O) groups excluding carboxylic acids is 1. The molecule has 3 heterocycles. The van der Waals surface area contributed by atoms with E-state index in [1.54, 1.807) is 6.07 Å². The summed E-state index contributed by atoms with van der Waals surface area (Å²) in [5.74, 6) is 0.535. The van der Waals surface area contributed by atoms with Gasteiger partial charge in [0.05, 0.1) is 18.6 Å². The van der Waals surface area contributed by atoms with Crippen LogP contribution in [0.2, 0.25) is 0 Å². The molecule has 3 aliphatic rings. The van der Waals surface area contributed by atoms with Crippen LogP contribution in [0.3, 0.4) is 0 Å². The Kier molecular flexibility index (Phi) is 5.04. The first-order valence-electron chi connectivity index (χ1n) is 9.57. The topological polar surface area (TPSA) is 32.8 Å². The molecule has 3 saturated heterocycles. The number of benzene rings is 1. The molecule has 0 N–H and O–H groups in total. The fourth-order valence-electron chi connectivity index (χ4n) is 4.58. The Morgan fingerprint density at radius 2 is 2.00 bits per heavy atom. The van der Waals surface area contributed by atoms with E-state index in [-0.39, 0.29) is 23.7 Å². The Balaban J connectivity index is 1.37. The molecule has 1 aromatic carbocycles. The number of amides is 1. The van der Waals surface area contributed by atoms with Crippen LogP contribution in [0.4, 0.5) is 4.39 Å². The molecular weight excluding hydrogens is 319 g/mol. The predicted molar refractivity (Wildman–Crippen MR) is 93.4 cm³/mol. The van der Waals surface area contributed by atoms with Crippen LogP contribution in [-0.2, 0) is 16.1 Å². The largest absolute Gasteiger partial charge is 0.377 e. The van der Waals surface area contributed by atoms with Gasteiger partial charge in [-0.25, -0.2) is 4.39 Å². The van der Waals surface area contributed by atoms with Crippen molar-refractivity contribution >= 4 is 5.91 Å². The summed E-state index contributed by atoms with van der Waals surface area (Å²) in [5.41, 5.74) is 0.752. The van der Waals surface area contributed by atoms with E-state index in [9.17, 15) is 9.18 Å². The molecule has 1 amide bonds. The van der Waals surface area contributed by atoms with Crippen molar-refractivity contribution in [1.82, 2.24) is 9.80 Å². The highest BCUT2D eigenvalue weighted by Gasteiger charge is 2.39. The molecule has 3 aliphatic heterocycles. The van der Waals surface area contributed by atoms with Crippen molar-refractivity contribution in [2.45, 2.75) is 38.3 Å². The monoisotopic (exact) mass is 346 g/mol. The van der Waals surface area contributed by atoms with Crippen molar-refractivity contribution in [3.05, 3.63) is 35.6 Å². The Labute approximate surface area is 148 Å². The van der Waals surface area contributed by atoms with E-state index in [1.165, 1.54) is 6.07 Å². The molecule has 3 atom stereocenters. The Morgan fingerprint density at radius 3 is 2.80 bits per heavy atom. The van der Waals surface area contributed by atoms with Gasteiger partial charge in [-0.3, -0.25) is 9.69 Å². The smallest absolute Gasteiger partial charge is 0.228 e. The van der Waals surface area contributed by atoms with E-state index < -0.39 is 0 Å². The van der Waals surface area contributed by atoms with Crippen molar-refractivity contribution in [2.75, 3.05) is 32.8 Å². The first kappa shape index (κ1) is 17.0. The van der Waals surface area contributed by atoms with Crippen molar-refractivity contribution in [3.63, 3.8) is 0 Å². The van der Waals surface area contributed by atoms with E-state index in [4.69, 9.17) is 4.74 Å². The maximum Gasteiger partial charge on any atom is 0.228 e. The van der Waals surface area contributed by atoms with Gasteiger partial charge in [-0.2, -0.15) is 0 Å². The lowest BCUT2D eigenvalue weighted by Gasteiger charge is -2.43. The van der Waals surface area contributed by atoms with Gasteiger partial charge in [0.15, 0.2) is 0 Å². The molecular formula is C20H27FN2O2. The van der Waals surface area contributed by atoms with E-state index >= 15 is 0 Å². The number of hydrogen-bond acceptors (Lipinski definition) is 3. The van der Waals surface area contributed by atoms with Crippen LogP contribution >= 0.6 is 0 Å². The Hall–Kier alpha value is -1.46. The molecule has 1 aromatic rings. The number of ether oxygens (including phenoxy) is 1. The molecule has 0 aromatic heterocycles. The molecule has 0 saturated carbocycles. The third-order valence-corrected chi connectivity index (χ3v) is 5.97. The van der Waals surface area contributed by atoms with Crippen molar-refractivity contribution in [1.29, 1.82) is 0 Å². The summed E-state index contributed by atoms with van der Waals surface area (Å²) in [6, 6.07) is 7.00. The highest BCUT2D eigenvalue weighted by molar-refractivity contribution is 5.79. The molecule has 5 heteroatoms. The molecule has 0 spiro atoms. The van der Waals surface area contributed by atoms with E-state index in [0.717, 1.165) is 57.4 Å². The number of likely N-dealkylation sites (tertiary alicyclic amines) is 2. The molecule has 3 fully saturated rings. The third-order valence-electron chi connectivity index (χ3n) is 5.97. The van der Waals surface area contributed by atoms with Gasteiger partial charge in [-0.15, -0.1) is 0 Å². The summed E-state index contributed by atoms with van der Waals surface area (Å²) in [4.78, 5) is 17.0. The van der Waals surface area contributed by atoms with E-state index in [2.05, 4.69) is 4.90 Å². The predicted octanol–water partition coefficient (Wildman–Crippen LogP) is 2.68. The first-order chi connectivity index (χ1) is 12.2. The van der Waals surface area contributed by atoms with Gasteiger partial charge in [-0.05, 0) is 37.7 Å². The van der Waals surface area contributed by atoms with Crippen molar-refractivity contribution in [2.24, 2.45) is 11.8 Å². The number of piperidine rings is 1. The molecule has 4 rings (SSSR count). The minimum atomic E-state index is -0.133. The highest BCUT2D eigenvalue weighted by Crippen LogP contribution is 2.33. The SMILES string of the molecule is O=C([C@H]1CO[C@H]2CCN(Cc3ccccc3F)C[C@H]2C1)N1CCCC1. The number of rotatable bonds is 3. The lowest BCUT2D eigenvalue weighted by atomic mass is 9.83. The second-order valence-electron chi connectivity index (χ2n) is 7.71. The van der Waals surface area contributed by atoms with Gasteiger partial charge in [-0.1, -0.05) is 18.2 Å². The van der Waals surface area contributed by atoms with Gasteiger partial charge in [0.25, 0.3) is 0 Å². The third kappa shape index (κ3) is 3.72. The summed E-state index contributed by atoms with van der Waals surface area (Å²) in [6.07, 6.45) is 4.40. The fourth-order valence-corrected chi connectivity index (χ4v) is 4.58. The summed E-state index contributed by atoms with van der Waals surface area (Å²) >= 11 is 0. The molecule has 0 radical (unpaired) electrons. The summed E-state index contributed by atoms with van der Waals surface area (Å²) in [6.45, 7) is 4.85. The standard InChI is InChI=1S/C20H27FN2O2/c21-18-6-2-1-5-15(18)12-22-10-7-19-16(13-22)11-17(14-25-19)20(24)23-8-3-4-9-23/h1-2,5-6,16-17,19H,3-4,7-14H2/t16-,17-,19+/m1/s1. The van der Waals surface area contributed by atoms with Crippen LogP contribution in [0.5, 0.6) is 0 Å². The van der Waals surface area contributed by atoms with Crippen LogP contribution in [0.15, 0.2) is 24.3 Å². The average molecular weight is 346 g/mol. The van der Waals surface area contributed by atoms with Gasteiger partial charge >= 0.3 is 0 Å². The number of hydrogen-bond donors (Lipinski definition) is 0. The van der Waals surface area contributed by atoms with E-state index in [1.807, 2.05) is 17.0 Å². The normalized spacial score (nSPS) is 30.3. The van der Waals surface area contributed by atoms with Gasteiger partial charge in [0, 0.05) is 38.3 Å². The number of fused-ring (bicyclic) bond motifs is 1. The second-order valence-corrected chi connectivity index (χ2v) is 7.71. The summed E-state index contributed by atoms with van der Waals surface area (Å²) < 4.78 is 20.0. The molecule has 4 nitrogen and oxygen atoms in total. The van der Waals surface area contributed by atoms with Crippen LogP contribution in [0.25, 0.3) is 0 Å². The van der Waals surface area contributed by atoms with Crippen LogP contribution in [0, 0.1) is 17.7 Å². The lowest BCUT2D eigenvalue weighted by Crippen LogP contribution is -2.50. The number of carbonyl (C=O) groups is 1. The van der Waals surface area contributed by atoms with Gasteiger partial charge in [0.2, 0.25) is 5.91 Å². The van der Waals surface area contributed by atoms with Crippen LogP contribution in [0.1, 0.15) is 31.2 Å². The first-order valence-corrected chi connectivity index (χ1v) is 9.57. The zero-order chi connectivity index (χ0) is 17.2. The van der Waals surface area contributed by atoms with Gasteiger partial charge < -0.3 is 9.64 Å². The van der Waals surface area contributed by atoms with Crippen molar-refractivity contribution < 1.29 is 13.9 Å².